The van der Waals surface area contributed by atoms with Gasteiger partial charge in [0, 0.05) is 5.56 Å². The fourth-order valence-electron chi connectivity index (χ4n) is 3.12. The maximum Gasteiger partial charge on any atom is 0.251 e. The van der Waals surface area contributed by atoms with Crippen molar-refractivity contribution in [2.45, 2.75) is 27.3 Å². The van der Waals surface area contributed by atoms with Crippen LogP contribution in [0.5, 0.6) is 17.2 Å². The van der Waals surface area contributed by atoms with Crippen molar-refractivity contribution in [1.82, 2.24) is 20.1 Å². The summed E-state index contributed by atoms with van der Waals surface area (Å²) in [5.41, 5.74) is 1.03. The summed E-state index contributed by atoms with van der Waals surface area (Å²) < 4.78 is 19.1. The van der Waals surface area contributed by atoms with Gasteiger partial charge in [-0.15, -0.1) is 0 Å². The van der Waals surface area contributed by atoms with E-state index in [1.807, 2.05) is 20.8 Å². The van der Waals surface area contributed by atoms with E-state index in [0.29, 0.717) is 69.0 Å². The highest BCUT2D eigenvalue weighted by Crippen LogP contribution is 2.39. The molecule has 0 saturated carbocycles. The molecule has 3 aromatic rings. The van der Waals surface area contributed by atoms with Gasteiger partial charge < -0.3 is 19.5 Å². The Kier molecular flexibility index (Phi) is 8.60. The van der Waals surface area contributed by atoms with Gasteiger partial charge in [0.15, 0.2) is 22.1 Å². The first kappa shape index (κ1) is 24.9. The Balaban J connectivity index is 1.87. The number of hydrogen-bond donors (Lipinski definition) is 2. The van der Waals surface area contributed by atoms with Gasteiger partial charge in [0.2, 0.25) is 5.75 Å². The Hall–Kier alpha value is -2.75. The number of amides is 1. The van der Waals surface area contributed by atoms with E-state index >= 15 is 0 Å². The molecule has 33 heavy (non-hydrogen) atoms. The lowest BCUT2D eigenvalue weighted by Gasteiger charge is -2.17. The maximum atomic E-state index is 13.0. The molecule has 0 spiro atoms. The highest BCUT2D eigenvalue weighted by Gasteiger charge is 2.19. The third kappa shape index (κ3) is 5.79. The van der Waals surface area contributed by atoms with Crippen molar-refractivity contribution in [1.29, 1.82) is 0 Å². The molecule has 0 fully saturated rings. The van der Waals surface area contributed by atoms with Gasteiger partial charge in [0.1, 0.15) is 0 Å². The summed E-state index contributed by atoms with van der Waals surface area (Å²) in [7, 11) is 0. The third-order valence-electron chi connectivity index (χ3n) is 4.48. The van der Waals surface area contributed by atoms with E-state index < -0.39 is 0 Å². The number of ether oxygens (including phenoxy) is 3. The zero-order valence-electron chi connectivity index (χ0n) is 18.4. The lowest BCUT2D eigenvalue weighted by molar-refractivity contribution is 0.0948. The first-order valence-electron chi connectivity index (χ1n) is 10.4. The first-order valence-corrected chi connectivity index (χ1v) is 11.5. The Morgan fingerprint density at radius 2 is 1.67 bits per heavy atom. The number of hydrogen-bond acceptors (Lipinski definition) is 6. The standard InChI is InChI=1S/C22H24Cl2N4O4S/c1-4-30-17-9-13(10-18(31-5-2)20(17)32-6-3)21(29)25-12-19-26-27-22(33)28(19)14-7-8-15(23)16(24)11-14/h7-11H,4-6,12H2,1-3H3,(H,25,29)(H,27,33). The van der Waals surface area contributed by atoms with Gasteiger partial charge in [-0.3, -0.25) is 14.5 Å². The van der Waals surface area contributed by atoms with Crippen LogP contribution in [0, 0.1) is 4.77 Å². The fraction of sp³-hybridized carbons (Fsp3) is 0.318. The van der Waals surface area contributed by atoms with Gasteiger partial charge in [-0.25, -0.2) is 0 Å². The number of nitrogens with one attached hydrogen (secondary N) is 2. The molecule has 0 aliphatic rings. The van der Waals surface area contributed by atoms with Crippen LogP contribution in [0.3, 0.4) is 0 Å². The van der Waals surface area contributed by atoms with E-state index in [9.17, 15) is 4.79 Å². The van der Waals surface area contributed by atoms with Crippen LogP contribution in [0.4, 0.5) is 0 Å². The second kappa shape index (κ2) is 11.4. The van der Waals surface area contributed by atoms with Crippen molar-refractivity contribution in [3.8, 4) is 22.9 Å². The average molecular weight is 511 g/mol. The number of aromatic nitrogens is 3. The highest BCUT2D eigenvalue weighted by atomic mass is 35.5. The van der Waals surface area contributed by atoms with Crippen LogP contribution < -0.4 is 19.5 Å². The average Bonchev–Trinajstić information content (AvgIpc) is 3.16. The predicted molar refractivity (Wildman–Crippen MR) is 130 cm³/mol. The zero-order valence-corrected chi connectivity index (χ0v) is 20.7. The number of H-pyrrole nitrogens is 1. The molecule has 0 aliphatic heterocycles. The Labute approximate surface area is 206 Å². The molecule has 8 nitrogen and oxygen atoms in total. The molecular weight excluding hydrogens is 487 g/mol. The largest absolute Gasteiger partial charge is 0.490 e. The quantitative estimate of drug-likeness (QED) is 0.356. The maximum absolute atomic E-state index is 13.0. The molecule has 11 heteroatoms. The van der Waals surface area contributed by atoms with E-state index in [4.69, 9.17) is 49.6 Å². The van der Waals surface area contributed by atoms with Crippen molar-refractivity contribution < 1.29 is 19.0 Å². The predicted octanol–water partition coefficient (Wildman–Crippen LogP) is 5.36. The van der Waals surface area contributed by atoms with Crippen LogP contribution in [-0.4, -0.2) is 40.5 Å². The monoisotopic (exact) mass is 510 g/mol. The minimum atomic E-state index is -0.338. The van der Waals surface area contributed by atoms with Gasteiger partial charge in [0.05, 0.1) is 42.1 Å². The van der Waals surface area contributed by atoms with E-state index in [1.165, 1.54) is 0 Å². The number of carbonyl (C=O) groups excluding carboxylic acids is 1. The van der Waals surface area contributed by atoms with Gasteiger partial charge >= 0.3 is 0 Å². The molecule has 1 amide bonds. The summed E-state index contributed by atoms with van der Waals surface area (Å²) in [4.78, 5) is 13.0. The number of aromatic amines is 1. The van der Waals surface area contributed by atoms with Crippen molar-refractivity contribution in [3.05, 3.63) is 56.5 Å². The van der Waals surface area contributed by atoms with Crippen LogP contribution in [0.15, 0.2) is 30.3 Å². The van der Waals surface area contributed by atoms with Crippen molar-refractivity contribution >= 4 is 41.3 Å². The van der Waals surface area contributed by atoms with Gasteiger partial charge in [0.25, 0.3) is 5.91 Å². The molecule has 0 atom stereocenters. The second-order valence-electron chi connectivity index (χ2n) is 6.66. The van der Waals surface area contributed by atoms with E-state index in [2.05, 4.69) is 15.5 Å². The Morgan fingerprint density at radius 1 is 1.03 bits per heavy atom. The van der Waals surface area contributed by atoms with Crippen molar-refractivity contribution in [3.63, 3.8) is 0 Å². The summed E-state index contributed by atoms with van der Waals surface area (Å²) in [5, 5.41) is 10.6. The minimum Gasteiger partial charge on any atom is -0.490 e. The number of benzene rings is 2. The van der Waals surface area contributed by atoms with Gasteiger partial charge in [-0.2, -0.15) is 5.10 Å². The molecular formula is C22H24Cl2N4O4S. The molecule has 1 aromatic heterocycles. The van der Waals surface area contributed by atoms with E-state index in [0.717, 1.165) is 0 Å². The van der Waals surface area contributed by atoms with E-state index in [1.54, 1.807) is 34.9 Å². The van der Waals surface area contributed by atoms with Gasteiger partial charge in [-0.1, -0.05) is 23.2 Å². The molecule has 176 valence electrons. The second-order valence-corrected chi connectivity index (χ2v) is 7.86. The lowest BCUT2D eigenvalue weighted by Crippen LogP contribution is -2.25. The summed E-state index contributed by atoms with van der Waals surface area (Å²) in [6.07, 6.45) is 0. The normalized spacial score (nSPS) is 10.7. The zero-order chi connectivity index (χ0) is 24.0. The molecule has 0 saturated heterocycles. The topological polar surface area (TPSA) is 90.4 Å². The molecule has 3 rings (SSSR count). The fourth-order valence-corrected chi connectivity index (χ4v) is 3.67. The van der Waals surface area contributed by atoms with Crippen LogP contribution in [0.1, 0.15) is 37.0 Å². The van der Waals surface area contributed by atoms with Crippen LogP contribution in [0.2, 0.25) is 10.0 Å². The number of carbonyl (C=O) groups is 1. The Bertz CT molecular complexity index is 1170. The number of halogens is 2. The van der Waals surface area contributed by atoms with Crippen molar-refractivity contribution in [2.24, 2.45) is 0 Å². The molecule has 0 radical (unpaired) electrons. The van der Waals surface area contributed by atoms with Crippen LogP contribution in [0.25, 0.3) is 5.69 Å². The SMILES string of the molecule is CCOc1cc(C(=O)NCc2n[nH]c(=S)n2-c2ccc(Cl)c(Cl)c2)cc(OCC)c1OCC. The molecule has 2 aromatic carbocycles. The summed E-state index contributed by atoms with van der Waals surface area (Å²) >= 11 is 17.5. The minimum absolute atomic E-state index is 0.105. The van der Waals surface area contributed by atoms with Crippen LogP contribution >= 0.6 is 35.4 Å². The third-order valence-corrected chi connectivity index (χ3v) is 5.49. The van der Waals surface area contributed by atoms with E-state index in [-0.39, 0.29) is 12.5 Å². The molecule has 0 bridgehead atoms. The highest BCUT2D eigenvalue weighted by molar-refractivity contribution is 7.71. The Morgan fingerprint density at radius 3 is 2.24 bits per heavy atom. The summed E-state index contributed by atoms with van der Waals surface area (Å²) in [6.45, 7) is 6.94. The lowest BCUT2D eigenvalue weighted by atomic mass is 10.1. The number of nitrogens with zero attached hydrogens (tertiary/aromatic N) is 2. The van der Waals surface area contributed by atoms with Crippen LogP contribution in [-0.2, 0) is 6.54 Å². The van der Waals surface area contributed by atoms with Gasteiger partial charge in [-0.05, 0) is 63.3 Å². The molecule has 0 unspecified atom stereocenters. The first-order chi connectivity index (χ1) is 15.9. The summed E-state index contributed by atoms with van der Waals surface area (Å²) in [6, 6.07) is 8.36. The molecule has 1 heterocycles. The van der Waals surface area contributed by atoms with Crippen molar-refractivity contribution in [2.75, 3.05) is 19.8 Å². The smallest absolute Gasteiger partial charge is 0.251 e. The molecule has 0 aliphatic carbocycles. The molecule has 2 N–H and O–H groups in total. The number of rotatable bonds is 10. The summed E-state index contributed by atoms with van der Waals surface area (Å²) in [5.74, 6) is 1.50.